The number of aliphatic hydroxyl groups is 1. The first kappa shape index (κ1) is 10.5. The predicted molar refractivity (Wildman–Crippen MR) is 56.2 cm³/mol. The summed E-state index contributed by atoms with van der Waals surface area (Å²) in [7, 11) is 0. The highest BCUT2D eigenvalue weighted by Gasteiger charge is 2.06. The van der Waals surface area contributed by atoms with Crippen LogP contribution in [0.25, 0.3) is 0 Å². The molecule has 0 aliphatic heterocycles. The van der Waals surface area contributed by atoms with E-state index in [1.165, 1.54) is 0 Å². The van der Waals surface area contributed by atoms with Gasteiger partial charge in [-0.1, -0.05) is 28.1 Å². The van der Waals surface area contributed by atoms with Gasteiger partial charge in [0, 0.05) is 10.9 Å². The molecule has 1 aromatic rings. The van der Waals surface area contributed by atoms with Crippen LogP contribution in [0.3, 0.4) is 0 Å². The van der Waals surface area contributed by atoms with Crippen molar-refractivity contribution in [2.75, 3.05) is 6.61 Å². The molecule has 0 radical (unpaired) electrons. The Morgan fingerprint density at radius 1 is 1.46 bits per heavy atom. The first-order chi connectivity index (χ1) is 6.33. The SMILES string of the molecule is CCOc1cccc(CO)c1CBr. The highest BCUT2D eigenvalue weighted by Crippen LogP contribution is 2.24. The van der Waals surface area contributed by atoms with Crippen LogP contribution in [-0.2, 0) is 11.9 Å². The molecule has 72 valence electrons. The van der Waals surface area contributed by atoms with Crippen molar-refractivity contribution in [1.29, 1.82) is 0 Å². The Kier molecular flexibility index (Phi) is 4.25. The Labute approximate surface area is 86.7 Å². The van der Waals surface area contributed by atoms with E-state index in [4.69, 9.17) is 9.84 Å². The van der Waals surface area contributed by atoms with Crippen molar-refractivity contribution < 1.29 is 9.84 Å². The lowest BCUT2D eigenvalue weighted by Gasteiger charge is -2.11. The summed E-state index contributed by atoms with van der Waals surface area (Å²) in [6, 6.07) is 5.71. The normalized spacial score (nSPS) is 10.1. The fraction of sp³-hybridized carbons (Fsp3) is 0.400. The number of ether oxygens (including phenoxy) is 1. The van der Waals surface area contributed by atoms with Crippen LogP contribution in [0.15, 0.2) is 18.2 Å². The van der Waals surface area contributed by atoms with Crippen LogP contribution in [0.4, 0.5) is 0 Å². The number of benzene rings is 1. The van der Waals surface area contributed by atoms with E-state index in [2.05, 4.69) is 15.9 Å². The zero-order chi connectivity index (χ0) is 9.68. The maximum Gasteiger partial charge on any atom is 0.123 e. The zero-order valence-corrected chi connectivity index (χ0v) is 9.17. The number of hydrogen-bond acceptors (Lipinski definition) is 2. The van der Waals surface area contributed by atoms with Gasteiger partial charge in [-0.2, -0.15) is 0 Å². The quantitative estimate of drug-likeness (QED) is 0.825. The van der Waals surface area contributed by atoms with Crippen molar-refractivity contribution >= 4 is 15.9 Å². The molecule has 3 heteroatoms. The summed E-state index contributed by atoms with van der Waals surface area (Å²) < 4.78 is 5.43. The molecule has 2 nitrogen and oxygen atoms in total. The molecule has 0 bridgehead atoms. The fourth-order valence-corrected chi connectivity index (χ4v) is 1.84. The second kappa shape index (κ2) is 5.25. The van der Waals surface area contributed by atoms with Crippen LogP contribution in [0.1, 0.15) is 18.1 Å². The molecule has 0 aliphatic carbocycles. The third-order valence-electron chi connectivity index (χ3n) is 1.83. The highest BCUT2D eigenvalue weighted by molar-refractivity contribution is 9.08. The molecule has 0 saturated carbocycles. The Balaban J connectivity index is 3.03. The second-order valence-corrected chi connectivity index (χ2v) is 3.18. The van der Waals surface area contributed by atoms with Crippen molar-refractivity contribution in [1.82, 2.24) is 0 Å². The largest absolute Gasteiger partial charge is 0.494 e. The first-order valence-electron chi connectivity index (χ1n) is 4.23. The van der Waals surface area contributed by atoms with Gasteiger partial charge in [0.05, 0.1) is 13.2 Å². The summed E-state index contributed by atoms with van der Waals surface area (Å²) in [5, 5.41) is 9.77. The van der Waals surface area contributed by atoms with Crippen molar-refractivity contribution in [3.8, 4) is 5.75 Å². The van der Waals surface area contributed by atoms with E-state index in [-0.39, 0.29) is 6.61 Å². The van der Waals surface area contributed by atoms with E-state index in [1.807, 2.05) is 25.1 Å². The molecular formula is C10H13BrO2. The van der Waals surface area contributed by atoms with E-state index in [0.717, 1.165) is 16.9 Å². The molecule has 1 N–H and O–H groups in total. The van der Waals surface area contributed by atoms with Crippen LogP contribution < -0.4 is 4.74 Å². The first-order valence-corrected chi connectivity index (χ1v) is 5.36. The van der Waals surface area contributed by atoms with Crippen molar-refractivity contribution in [3.05, 3.63) is 29.3 Å². The van der Waals surface area contributed by atoms with Crippen LogP contribution >= 0.6 is 15.9 Å². The number of aliphatic hydroxyl groups excluding tert-OH is 1. The maximum absolute atomic E-state index is 9.07. The van der Waals surface area contributed by atoms with E-state index in [9.17, 15) is 0 Å². The molecule has 0 aromatic heterocycles. The number of halogens is 1. The molecule has 0 unspecified atom stereocenters. The summed E-state index contributed by atoms with van der Waals surface area (Å²) in [5.74, 6) is 0.853. The lowest BCUT2D eigenvalue weighted by atomic mass is 10.1. The lowest BCUT2D eigenvalue weighted by Crippen LogP contribution is -1.99. The van der Waals surface area contributed by atoms with Gasteiger partial charge in [-0.05, 0) is 18.6 Å². The Hall–Kier alpha value is -0.540. The van der Waals surface area contributed by atoms with Crippen LogP contribution in [0.5, 0.6) is 5.75 Å². The molecule has 13 heavy (non-hydrogen) atoms. The third-order valence-corrected chi connectivity index (χ3v) is 2.39. The fourth-order valence-electron chi connectivity index (χ4n) is 1.20. The molecule has 0 spiro atoms. The highest BCUT2D eigenvalue weighted by atomic mass is 79.9. The van der Waals surface area contributed by atoms with E-state index in [1.54, 1.807) is 0 Å². The zero-order valence-electron chi connectivity index (χ0n) is 7.59. The van der Waals surface area contributed by atoms with Crippen LogP contribution in [0, 0.1) is 0 Å². The lowest BCUT2D eigenvalue weighted by molar-refractivity contribution is 0.278. The predicted octanol–water partition coefficient (Wildman–Crippen LogP) is 2.47. The Morgan fingerprint density at radius 2 is 2.23 bits per heavy atom. The summed E-state index contributed by atoms with van der Waals surface area (Å²) in [5.41, 5.74) is 1.95. The van der Waals surface area contributed by atoms with E-state index < -0.39 is 0 Å². The monoisotopic (exact) mass is 244 g/mol. The summed E-state index contributed by atoms with van der Waals surface area (Å²) in [4.78, 5) is 0. The van der Waals surface area contributed by atoms with Crippen molar-refractivity contribution in [2.45, 2.75) is 18.9 Å². The third kappa shape index (κ3) is 2.45. The summed E-state index contributed by atoms with van der Waals surface area (Å²) in [6.07, 6.45) is 0. The smallest absolute Gasteiger partial charge is 0.123 e. The van der Waals surface area contributed by atoms with Gasteiger partial charge in [0.1, 0.15) is 5.75 Å². The van der Waals surface area contributed by atoms with Gasteiger partial charge in [0.25, 0.3) is 0 Å². The number of rotatable bonds is 4. The van der Waals surface area contributed by atoms with E-state index in [0.29, 0.717) is 11.9 Å². The molecule has 1 aromatic carbocycles. The van der Waals surface area contributed by atoms with Gasteiger partial charge in [-0.3, -0.25) is 0 Å². The average molecular weight is 245 g/mol. The standard InChI is InChI=1S/C10H13BrO2/c1-2-13-10-5-3-4-8(7-12)9(10)6-11/h3-5,12H,2,6-7H2,1H3. The average Bonchev–Trinajstić information content (AvgIpc) is 2.18. The number of alkyl halides is 1. The summed E-state index contributed by atoms with van der Waals surface area (Å²) in [6.45, 7) is 2.65. The van der Waals surface area contributed by atoms with Gasteiger partial charge >= 0.3 is 0 Å². The molecule has 0 aliphatic rings. The van der Waals surface area contributed by atoms with Gasteiger partial charge in [-0.25, -0.2) is 0 Å². The molecule has 0 amide bonds. The van der Waals surface area contributed by atoms with E-state index >= 15 is 0 Å². The molecule has 0 heterocycles. The maximum atomic E-state index is 9.07. The Bertz CT molecular complexity index is 274. The van der Waals surface area contributed by atoms with Crippen LogP contribution in [0.2, 0.25) is 0 Å². The minimum absolute atomic E-state index is 0.0574. The molecule has 0 fully saturated rings. The molecule has 0 atom stereocenters. The van der Waals surface area contributed by atoms with Crippen molar-refractivity contribution in [2.24, 2.45) is 0 Å². The minimum atomic E-state index is 0.0574. The summed E-state index contributed by atoms with van der Waals surface area (Å²) >= 11 is 3.38. The van der Waals surface area contributed by atoms with Crippen molar-refractivity contribution in [3.63, 3.8) is 0 Å². The van der Waals surface area contributed by atoms with Gasteiger partial charge < -0.3 is 9.84 Å². The van der Waals surface area contributed by atoms with Gasteiger partial charge in [-0.15, -0.1) is 0 Å². The van der Waals surface area contributed by atoms with Gasteiger partial charge in [0.2, 0.25) is 0 Å². The molecular weight excluding hydrogens is 232 g/mol. The minimum Gasteiger partial charge on any atom is -0.494 e. The van der Waals surface area contributed by atoms with Gasteiger partial charge in [0.15, 0.2) is 0 Å². The topological polar surface area (TPSA) is 29.5 Å². The molecule has 0 saturated heterocycles. The second-order valence-electron chi connectivity index (χ2n) is 2.62. The molecule has 1 rings (SSSR count). The number of hydrogen-bond donors (Lipinski definition) is 1. The van der Waals surface area contributed by atoms with Crippen LogP contribution in [-0.4, -0.2) is 11.7 Å². The Morgan fingerprint density at radius 3 is 2.77 bits per heavy atom.